The molecule has 1 aliphatic rings. The van der Waals surface area contributed by atoms with Crippen molar-refractivity contribution in [3.05, 3.63) is 53.6 Å². The van der Waals surface area contributed by atoms with Crippen LogP contribution in [0.15, 0.2) is 47.4 Å². The Morgan fingerprint density at radius 2 is 1.94 bits per heavy atom. The highest BCUT2D eigenvalue weighted by molar-refractivity contribution is 7.89. The molecule has 0 fully saturated rings. The average Bonchev–Trinajstić information content (AvgIpc) is 3.22. The quantitative estimate of drug-likeness (QED) is 0.596. The standard InChI is InChI=1S/C23H28N2O5S/c1-4-25(5-2)31(27,28)19-9-11-22(29-6-3)20(16-19)24-23(26)12-8-17-7-10-21-18(15-17)13-14-30-21/h7-12,15-16H,4-6,13-14H2,1-3H3,(H,24,26)/b12-8+. The molecule has 166 valence electrons. The number of hydrogen-bond acceptors (Lipinski definition) is 5. The molecule has 0 saturated heterocycles. The lowest BCUT2D eigenvalue weighted by atomic mass is 10.1. The van der Waals surface area contributed by atoms with Gasteiger partial charge < -0.3 is 14.8 Å². The van der Waals surface area contributed by atoms with E-state index in [-0.39, 0.29) is 10.8 Å². The van der Waals surface area contributed by atoms with E-state index in [9.17, 15) is 13.2 Å². The van der Waals surface area contributed by atoms with E-state index in [1.54, 1.807) is 26.0 Å². The Bertz CT molecular complexity index is 1080. The minimum absolute atomic E-state index is 0.109. The predicted molar refractivity (Wildman–Crippen MR) is 121 cm³/mol. The molecular formula is C23H28N2O5S. The molecule has 0 saturated carbocycles. The van der Waals surface area contributed by atoms with Crippen LogP contribution in [-0.4, -0.2) is 44.9 Å². The number of hydrogen-bond donors (Lipinski definition) is 1. The largest absolute Gasteiger partial charge is 0.493 e. The summed E-state index contributed by atoms with van der Waals surface area (Å²) in [5, 5.41) is 2.75. The average molecular weight is 445 g/mol. The maximum Gasteiger partial charge on any atom is 0.248 e. The Kier molecular flexibility index (Phi) is 7.35. The second-order valence-electron chi connectivity index (χ2n) is 6.97. The number of nitrogens with zero attached hydrogens (tertiary/aromatic N) is 1. The number of ether oxygens (including phenoxy) is 2. The van der Waals surface area contributed by atoms with Crippen molar-refractivity contribution in [3.8, 4) is 11.5 Å². The predicted octanol–water partition coefficient (Wildman–Crippen LogP) is 3.70. The molecule has 1 heterocycles. The molecule has 0 aliphatic carbocycles. The molecule has 7 nitrogen and oxygen atoms in total. The number of fused-ring (bicyclic) bond motifs is 1. The van der Waals surface area contributed by atoms with E-state index < -0.39 is 10.0 Å². The van der Waals surface area contributed by atoms with Crippen LogP contribution in [0.5, 0.6) is 11.5 Å². The normalized spacial score (nSPS) is 13.3. The molecule has 8 heteroatoms. The van der Waals surface area contributed by atoms with Gasteiger partial charge in [0.2, 0.25) is 15.9 Å². The van der Waals surface area contributed by atoms with Crippen LogP contribution in [0.1, 0.15) is 31.9 Å². The van der Waals surface area contributed by atoms with E-state index in [1.165, 1.54) is 22.5 Å². The fourth-order valence-corrected chi connectivity index (χ4v) is 4.90. The van der Waals surface area contributed by atoms with Crippen molar-refractivity contribution in [1.29, 1.82) is 0 Å². The monoisotopic (exact) mass is 444 g/mol. The second-order valence-corrected chi connectivity index (χ2v) is 8.91. The lowest BCUT2D eigenvalue weighted by molar-refractivity contribution is -0.111. The molecule has 2 aromatic carbocycles. The third kappa shape index (κ3) is 5.26. The summed E-state index contributed by atoms with van der Waals surface area (Å²) in [5.74, 6) is 0.918. The second kappa shape index (κ2) is 9.98. The topological polar surface area (TPSA) is 84.9 Å². The van der Waals surface area contributed by atoms with Crippen LogP contribution in [0.2, 0.25) is 0 Å². The summed E-state index contributed by atoms with van der Waals surface area (Å²) in [5.41, 5.74) is 2.32. The molecular weight excluding hydrogens is 416 g/mol. The van der Waals surface area contributed by atoms with Gasteiger partial charge in [-0.3, -0.25) is 4.79 Å². The van der Waals surface area contributed by atoms with E-state index in [0.717, 1.165) is 23.3 Å². The smallest absolute Gasteiger partial charge is 0.248 e. The van der Waals surface area contributed by atoms with Crippen molar-refractivity contribution >= 4 is 27.7 Å². The Balaban J connectivity index is 1.82. The van der Waals surface area contributed by atoms with Crippen LogP contribution in [0.4, 0.5) is 5.69 Å². The molecule has 0 unspecified atom stereocenters. The molecule has 0 radical (unpaired) electrons. The van der Waals surface area contributed by atoms with Crippen LogP contribution in [0, 0.1) is 0 Å². The first-order valence-electron chi connectivity index (χ1n) is 10.4. The molecule has 0 spiro atoms. The summed E-state index contributed by atoms with van der Waals surface area (Å²) < 4.78 is 38.1. The number of carbonyl (C=O) groups is 1. The highest BCUT2D eigenvalue weighted by Gasteiger charge is 2.23. The highest BCUT2D eigenvalue weighted by Crippen LogP contribution is 2.30. The Hall–Kier alpha value is -2.84. The van der Waals surface area contributed by atoms with Gasteiger partial charge in [-0.25, -0.2) is 8.42 Å². The minimum atomic E-state index is -3.66. The van der Waals surface area contributed by atoms with Crippen molar-refractivity contribution in [1.82, 2.24) is 4.31 Å². The third-order valence-corrected chi connectivity index (χ3v) is 7.04. The van der Waals surface area contributed by atoms with E-state index in [2.05, 4.69) is 5.32 Å². The number of sulfonamides is 1. The van der Waals surface area contributed by atoms with Gasteiger partial charge in [-0.15, -0.1) is 0 Å². The first kappa shape index (κ1) is 22.8. The molecule has 31 heavy (non-hydrogen) atoms. The first-order valence-corrected chi connectivity index (χ1v) is 11.8. The SMILES string of the molecule is CCOc1ccc(S(=O)(=O)N(CC)CC)cc1NC(=O)/C=C/c1ccc2c(c1)CCO2. The number of carbonyl (C=O) groups excluding carboxylic acids is 1. The van der Waals surface area contributed by atoms with Gasteiger partial charge in [-0.2, -0.15) is 4.31 Å². The van der Waals surface area contributed by atoms with Crippen molar-refractivity contribution < 1.29 is 22.7 Å². The van der Waals surface area contributed by atoms with Gasteiger partial charge in [0, 0.05) is 25.6 Å². The van der Waals surface area contributed by atoms with Gasteiger partial charge in [0.05, 0.1) is 23.8 Å². The zero-order chi connectivity index (χ0) is 22.4. The Morgan fingerprint density at radius 3 is 2.65 bits per heavy atom. The lowest BCUT2D eigenvalue weighted by Gasteiger charge is -2.19. The van der Waals surface area contributed by atoms with Gasteiger partial charge >= 0.3 is 0 Å². The molecule has 3 rings (SSSR count). The van der Waals surface area contributed by atoms with E-state index in [4.69, 9.17) is 9.47 Å². The van der Waals surface area contributed by atoms with E-state index >= 15 is 0 Å². The maximum atomic E-state index is 12.9. The fraction of sp³-hybridized carbons (Fsp3) is 0.348. The summed E-state index contributed by atoms with van der Waals surface area (Å²) in [6, 6.07) is 10.3. The minimum Gasteiger partial charge on any atom is -0.493 e. The maximum absolute atomic E-state index is 12.9. The zero-order valence-electron chi connectivity index (χ0n) is 18.1. The zero-order valence-corrected chi connectivity index (χ0v) is 18.9. The number of nitrogens with one attached hydrogen (secondary N) is 1. The summed E-state index contributed by atoms with van der Waals surface area (Å²) >= 11 is 0. The highest BCUT2D eigenvalue weighted by atomic mass is 32.2. The number of amides is 1. The molecule has 0 atom stereocenters. The van der Waals surface area contributed by atoms with Crippen LogP contribution in [0.3, 0.4) is 0 Å². The van der Waals surface area contributed by atoms with Gasteiger partial charge in [0.15, 0.2) is 0 Å². The van der Waals surface area contributed by atoms with Gasteiger partial charge in [-0.05, 0) is 54.5 Å². The van der Waals surface area contributed by atoms with Gasteiger partial charge in [-0.1, -0.05) is 19.9 Å². The van der Waals surface area contributed by atoms with Gasteiger partial charge in [0.25, 0.3) is 0 Å². The molecule has 1 amide bonds. The molecule has 2 aromatic rings. The molecule has 0 aromatic heterocycles. The van der Waals surface area contributed by atoms with Gasteiger partial charge in [0.1, 0.15) is 11.5 Å². The van der Waals surface area contributed by atoms with Crippen molar-refractivity contribution in [3.63, 3.8) is 0 Å². The Labute approximate surface area is 183 Å². The molecule has 0 bridgehead atoms. The number of anilines is 1. The van der Waals surface area contributed by atoms with Crippen LogP contribution < -0.4 is 14.8 Å². The van der Waals surface area contributed by atoms with Crippen molar-refractivity contribution in [2.24, 2.45) is 0 Å². The Morgan fingerprint density at radius 1 is 1.16 bits per heavy atom. The van der Waals surface area contributed by atoms with E-state index in [1.807, 2.05) is 25.1 Å². The van der Waals surface area contributed by atoms with Crippen molar-refractivity contribution in [2.45, 2.75) is 32.1 Å². The summed E-state index contributed by atoms with van der Waals surface area (Å²) in [6.45, 7) is 7.19. The third-order valence-electron chi connectivity index (χ3n) is 4.99. The summed E-state index contributed by atoms with van der Waals surface area (Å²) in [7, 11) is -3.66. The lowest BCUT2D eigenvalue weighted by Crippen LogP contribution is -2.30. The van der Waals surface area contributed by atoms with Crippen LogP contribution in [0.25, 0.3) is 6.08 Å². The van der Waals surface area contributed by atoms with Crippen LogP contribution in [-0.2, 0) is 21.2 Å². The summed E-state index contributed by atoms with van der Waals surface area (Å²) in [6.07, 6.45) is 3.98. The van der Waals surface area contributed by atoms with Crippen LogP contribution >= 0.6 is 0 Å². The molecule has 1 N–H and O–H groups in total. The van der Waals surface area contributed by atoms with E-state index in [0.29, 0.717) is 37.7 Å². The molecule has 1 aliphatic heterocycles. The first-order chi connectivity index (χ1) is 14.9. The summed E-state index contributed by atoms with van der Waals surface area (Å²) in [4.78, 5) is 12.7. The van der Waals surface area contributed by atoms with Crippen molar-refractivity contribution in [2.75, 3.05) is 31.6 Å². The fourth-order valence-electron chi connectivity index (χ4n) is 3.42. The number of benzene rings is 2. The number of rotatable bonds is 9.